The normalized spacial score (nSPS) is 8.53. The van der Waals surface area contributed by atoms with E-state index in [1.165, 1.54) is 12.1 Å². The number of benzene rings is 1. The Kier molecular flexibility index (Phi) is 10.3. The molecule has 0 bridgehead atoms. The van der Waals surface area contributed by atoms with Crippen LogP contribution < -0.4 is 34.6 Å². The molecule has 0 saturated carbocycles. The summed E-state index contributed by atoms with van der Waals surface area (Å²) in [5, 5.41) is 40.4. The van der Waals surface area contributed by atoms with Crippen LogP contribution in [-0.2, 0) is 0 Å². The van der Waals surface area contributed by atoms with Crippen LogP contribution in [0.15, 0.2) is 12.1 Å². The van der Waals surface area contributed by atoms with Crippen molar-refractivity contribution >= 4 is 36.5 Å². The Labute approximate surface area is 129 Å². The molecular formula is C7H6BCl2NaO6. The molecule has 0 heterocycles. The van der Waals surface area contributed by atoms with Gasteiger partial charge in [0.15, 0.2) is 0 Å². The molecule has 1 aromatic rings. The molecule has 0 aromatic heterocycles. The minimum Gasteiger partial charge on any atom is -0.832 e. The summed E-state index contributed by atoms with van der Waals surface area (Å²) in [6, 6.07) is 2.50. The molecule has 0 spiro atoms. The topological polar surface area (TPSA) is 121 Å². The summed E-state index contributed by atoms with van der Waals surface area (Å²) >= 11 is 11.0. The second kappa shape index (κ2) is 9.01. The van der Waals surface area contributed by atoms with Crippen LogP contribution in [0, 0.1) is 0 Å². The van der Waals surface area contributed by atoms with Crippen molar-refractivity contribution < 1.29 is 59.6 Å². The Morgan fingerprint density at radius 2 is 1.71 bits per heavy atom. The van der Waals surface area contributed by atoms with Crippen molar-refractivity contribution in [2.24, 2.45) is 0 Å². The third kappa shape index (κ3) is 7.12. The van der Waals surface area contributed by atoms with E-state index in [9.17, 15) is 4.79 Å². The maximum absolute atomic E-state index is 10.4. The van der Waals surface area contributed by atoms with E-state index in [2.05, 4.69) is 0 Å². The Hall–Kier alpha value is 0.0149. The first kappa shape index (κ1) is 19.4. The Morgan fingerprint density at radius 1 is 1.29 bits per heavy atom. The number of hydrogen-bond donors (Lipinski definition) is 4. The summed E-state index contributed by atoms with van der Waals surface area (Å²) in [6.45, 7) is 0. The molecular weight excluding hydrogens is 285 g/mol. The summed E-state index contributed by atoms with van der Waals surface area (Å²) in [5.41, 5.74) is -0.260. The average Bonchev–Trinajstić information content (AvgIpc) is 2.13. The number of carboxylic acids is 1. The van der Waals surface area contributed by atoms with Crippen molar-refractivity contribution in [2.75, 3.05) is 0 Å². The van der Waals surface area contributed by atoms with E-state index in [0.717, 1.165) is 0 Å². The smallest absolute Gasteiger partial charge is 0.832 e. The van der Waals surface area contributed by atoms with E-state index in [-0.39, 0.29) is 45.2 Å². The molecule has 4 N–H and O–H groups in total. The Bertz CT molecular complexity index is 386. The van der Waals surface area contributed by atoms with Crippen molar-refractivity contribution in [1.82, 2.24) is 0 Å². The van der Waals surface area contributed by atoms with Crippen LogP contribution in [0.4, 0.5) is 0 Å². The molecule has 0 aliphatic rings. The minimum absolute atomic E-state index is 0. The summed E-state index contributed by atoms with van der Waals surface area (Å²) in [5.74, 6) is -1.75. The summed E-state index contributed by atoms with van der Waals surface area (Å²) in [4.78, 5) is 10.4. The van der Waals surface area contributed by atoms with Crippen LogP contribution in [0.2, 0.25) is 10.0 Å². The van der Waals surface area contributed by atoms with Gasteiger partial charge in [-0.25, -0.2) is 4.79 Å². The minimum atomic E-state index is -2.42. The third-order valence-corrected chi connectivity index (χ3v) is 2.09. The zero-order chi connectivity index (χ0) is 12.9. The van der Waals surface area contributed by atoms with Gasteiger partial charge in [0.1, 0.15) is 16.3 Å². The molecule has 0 saturated heterocycles. The molecule has 0 amide bonds. The number of carbonyl (C=O) groups is 1. The molecule has 1 rings (SSSR count). The molecule has 10 heteroatoms. The second-order valence-electron chi connectivity index (χ2n) is 2.39. The van der Waals surface area contributed by atoms with E-state index in [1.54, 1.807) is 0 Å². The van der Waals surface area contributed by atoms with E-state index in [0.29, 0.717) is 0 Å². The number of aromatic hydroxyl groups is 1. The van der Waals surface area contributed by atoms with Crippen molar-refractivity contribution in [1.29, 1.82) is 0 Å². The molecule has 88 valence electrons. The predicted octanol–water partition coefficient (Wildman–Crippen LogP) is -3.28. The summed E-state index contributed by atoms with van der Waals surface area (Å²) < 4.78 is 0. The molecule has 0 atom stereocenters. The molecule has 17 heavy (non-hydrogen) atoms. The maximum atomic E-state index is 10.4. The van der Waals surface area contributed by atoms with Gasteiger partial charge in [-0.1, -0.05) is 23.2 Å². The van der Waals surface area contributed by atoms with Gasteiger partial charge in [-0.05, 0) is 12.1 Å². The zero-order valence-electron chi connectivity index (χ0n) is 8.59. The van der Waals surface area contributed by atoms with E-state index in [1.807, 2.05) is 0 Å². The van der Waals surface area contributed by atoms with E-state index >= 15 is 0 Å². The van der Waals surface area contributed by atoms with Gasteiger partial charge in [0.25, 0.3) is 0 Å². The SMILES string of the molecule is O=C(O)c1ccc(Cl)c(Cl)c1O.[Na+].[O-]B(O)O. The Morgan fingerprint density at radius 3 is 2.06 bits per heavy atom. The monoisotopic (exact) mass is 290 g/mol. The fourth-order valence-electron chi connectivity index (χ4n) is 0.713. The fraction of sp³-hybridized carbons (Fsp3) is 0. The number of rotatable bonds is 1. The van der Waals surface area contributed by atoms with Crippen LogP contribution in [0.3, 0.4) is 0 Å². The first-order valence-corrected chi connectivity index (χ1v) is 4.45. The van der Waals surface area contributed by atoms with Gasteiger partial charge in [0, 0.05) is 0 Å². The van der Waals surface area contributed by atoms with Gasteiger partial charge in [-0.2, -0.15) is 0 Å². The molecule has 1 aromatic carbocycles. The first-order valence-electron chi connectivity index (χ1n) is 3.69. The molecule has 0 unspecified atom stereocenters. The fourth-order valence-corrected chi connectivity index (χ4v) is 1.03. The van der Waals surface area contributed by atoms with Crippen LogP contribution in [0.25, 0.3) is 0 Å². The predicted molar refractivity (Wildman–Crippen MR) is 55.3 cm³/mol. The summed E-state index contributed by atoms with van der Waals surface area (Å²) in [6.07, 6.45) is 0. The quantitative estimate of drug-likeness (QED) is 0.403. The number of halogens is 2. The number of hydrogen-bond acceptors (Lipinski definition) is 5. The molecule has 0 radical (unpaired) electrons. The molecule has 0 aliphatic carbocycles. The van der Waals surface area contributed by atoms with Crippen molar-refractivity contribution in [3.8, 4) is 5.75 Å². The largest absolute Gasteiger partial charge is 1.00 e. The first-order chi connectivity index (χ1) is 7.27. The second-order valence-corrected chi connectivity index (χ2v) is 3.17. The van der Waals surface area contributed by atoms with Crippen LogP contribution >= 0.6 is 23.2 Å². The van der Waals surface area contributed by atoms with Gasteiger partial charge in [-0.15, -0.1) is 0 Å². The van der Waals surface area contributed by atoms with Gasteiger partial charge in [0.05, 0.1) is 5.02 Å². The van der Waals surface area contributed by atoms with Crippen LogP contribution in [-0.4, -0.2) is 33.6 Å². The van der Waals surface area contributed by atoms with Gasteiger partial charge >= 0.3 is 42.8 Å². The third-order valence-electron chi connectivity index (χ3n) is 1.30. The van der Waals surface area contributed by atoms with Gasteiger partial charge < -0.3 is 25.3 Å². The van der Waals surface area contributed by atoms with E-state index in [4.69, 9.17) is 48.5 Å². The number of carboxylic acid groups (broad SMARTS) is 1. The van der Waals surface area contributed by atoms with Crippen molar-refractivity contribution in [2.45, 2.75) is 0 Å². The Balaban J connectivity index is 0. The van der Waals surface area contributed by atoms with Gasteiger partial charge in [-0.3, -0.25) is 0 Å². The number of aromatic carboxylic acids is 1. The van der Waals surface area contributed by atoms with Crippen LogP contribution in [0.5, 0.6) is 5.75 Å². The van der Waals surface area contributed by atoms with Crippen molar-refractivity contribution in [3.05, 3.63) is 27.7 Å². The standard InChI is InChI=1S/C7H4Cl2O3.BH2O3.Na/c8-4-2-1-3(7(11)12)6(10)5(4)9;2-1(3)4;/h1-2,10H,(H,11,12);2-3H;/q;-1;+1. The zero-order valence-corrected chi connectivity index (χ0v) is 12.1. The van der Waals surface area contributed by atoms with Crippen LogP contribution in [0.1, 0.15) is 10.4 Å². The maximum Gasteiger partial charge on any atom is 1.00 e. The number of phenols is 1. The van der Waals surface area contributed by atoms with Gasteiger partial charge in [0.2, 0.25) is 0 Å². The molecule has 0 aliphatic heterocycles. The van der Waals surface area contributed by atoms with Crippen molar-refractivity contribution in [3.63, 3.8) is 0 Å². The molecule has 6 nitrogen and oxygen atoms in total. The van der Waals surface area contributed by atoms with E-state index < -0.39 is 19.0 Å². The summed E-state index contributed by atoms with van der Waals surface area (Å²) in [7, 11) is -2.42. The average molecular weight is 291 g/mol. The molecule has 0 fully saturated rings.